The topological polar surface area (TPSA) is 60.4 Å². The van der Waals surface area contributed by atoms with Gasteiger partial charge < -0.3 is 15.0 Å². The van der Waals surface area contributed by atoms with Crippen LogP contribution in [0.3, 0.4) is 0 Å². The van der Waals surface area contributed by atoms with Gasteiger partial charge >= 0.3 is 18.9 Å². The summed E-state index contributed by atoms with van der Waals surface area (Å²) < 4.78 is 0. The summed E-state index contributed by atoms with van der Waals surface area (Å²) >= 11 is 0. The summed E-state index contributed by atoms with van der Waals surface area (Å²) in [6, 6.07) is 0. The van der Waals surface area contributed by atoms with E-state index in [4.69, 9.17) is 0 Å². The Morgan fingerprint density at radius 1 is 0.818 bits per heavy atom. The monoisotopic (exact) mass is 306 g/mol. The normalized spacial score (nSPS) is 11.9. The van der Waals surface area contributed by atoms with Gasteiger partial charge in [-0.15, -0.1) is 0 Å². The van der Waals surface area contributed by atoms with Gasteiger partial charge in [0.1, 0.15) is 0 Å². The molecule has 0 heterocycles. The number of rotatable bonds is 16. The van der Waals surface area contributed by atoms with Gasteiger partial charge in [-0.2, -0.15) is 0 Å². The maximum atomic E-state index is 10.2. The van der Waals surface area contributed by atoms with Crippen molar-refractivity contribution in [2.45, 2.75) is 109 Å². The first-order chi connectivity index (χ1) is 10.2. The van der Waals surface area contributed by atoms with Gasteiger partial charge in [-0.25, -0.2) is 0 Å². The first kappa shape index (κ1) is 24.3. The standard InChI is InChI=1S/C18H36O3.Li/c1-2-3-4-11-14-17(19)15-12-9-7-5-6-8-10-13-16-18(20)21;/h17,19H,2-16H2,1H3,(H,20,21);/q;+1/p-1/t17-;/m1./s1. The minimum atomic E-state index is -0.928. The molecule has 126 valence electrons. The predicted molar refractivity (Wildman–Crippen MR) is 85.9 cm³/mol. The second-order valence-electron chi connectivity index (χ2n) is 6.24. The Hall–Kier alpha value is 0.0274. The number of aliphatic hydroxyl groups excluding tert-OH is 1. The molecule has 0 aliphatic heterocycles. The van der Waals surface area contributed by atoms with E-state index in [1.165, 1.54) is 51.4 Å². The predicted octanol–water partition coefficient (Wildman–Crippen LogP) is 0.973. The minimum Gasteiger partial charge on any atom is -0.550 e. The number of carbonyl (C=O) groups is 1. The van der Waals surface area contributed by atoms with Crippen molar-refractivity contribution in [1.82, 2.24) is 0 Å². The quantitative estimate of drug-likeness (QED) is 0.341. The molecule has 0 aromatic rings. The van der Waals surface area contributed by atoms with Gasteiger partial charge in [-0.3, -0.25) is 0 Å². The van der Waals surface area contributed by atoms with Crippen molar-refractivity contribution in [3.05, 3.63) is 0 Å². The first-order valence-corrected chi connectivity index (χ1v) is 9.04. The molecule has 1 atom stereocenters. The van der Waals surface area contributed by atoms with E-state index in [1.54, 1.807) is 0 Å². The van der Waals surface area contributed by atoms with Crippen LogP contribution in [0.4, 0.5) is 0 Å². The number of hydrogen-bond donors (Lipinski definition) is 1. The van der Waals surface area contributed by atoms with E-state index in [2.05, 4.69) is 6.92 Å². The summed E-state index contributed by atoms with van der Waals surface area (Å²) in [5, 5.41) is 20.1. The Balaban J connectivity index is 0. The van der Waals surface area contributed by atoms with Crippen molar-refractivity contribution < 1.29 is 33.9 Å². The van der Waals surface area contributed by atoms with Gasteiger partial charge in [-0.05, 0) is 25.7 Å². The molecule has 0 aromatic heterocycles. The van der Waals surface area contributed by atoms with Crippen molar-refractivity contribution in [1.29, 1.82) is 0 Å². The first-order valence-electron chi connectivity index (χ1n) is 9.04. The molecule has 0 unspecified atom stereocenters. The Labute approximate surface area is 149 Å². The Morgan fingerprint density at radius 3 is 1.68 bits per heavy atom. The van der Waals surface area contributed by atoms with E-state index in [-0.39, 0.29) is 31.4 Å². The Kier molecular flexibility index (Phi) is 21.1. The number of carboxylic acid groups (broad SMARTS) is 1. The molecule has 4 heteroatoms. The van der Waals surface area contributed by atoms with E-state index < -0.39 is 5.97 Å². The maximum Gasteiger partial charge on any atom is 1.00 e. The van der Waals surface area contributed by atoms with E-state index in [1.807, 2.05) is 0 Å². The molecule has 3 nitrogen and oxygen atoms in total. The molecule has 0 radical (unpaired) electrons. The SMILES string of the molecule is CCCCCC[C@@H](O)CCCCCCCCCCC(=O)[O-].[Li+]. The van der Waals surface area contributed by atoms with Gasteiger partial charge in [-0.1, -0.05) is 77.6 Å². The molecule has 0 aliphatic carbocycles. The molecule has 0 saturated carbocycles. The Bertz CT molecular complexity index is 234. The fourth-order valence-electron chi connectivity index (χ4n) is 2.66. The van der Waals surface area contributed by atoms with Gasteiger partial charge in [0, 0.05) is 5.97 Å². The number of carboxylic acids is 1. The third-order valence-corrected chi connectivity index (χ3v) is 4.06. The van der Waals surface area contributed by atoms with Crippen LogP contribution in [-0.2, 0) is 4.79 Å². The van der Waals surface area contributed by atoms with Crippen molar-refractivity contribution in [2.75, 3.05) is 0 Å². The largest absolute Gasteiger partial charge is 1.00 e. The van der Waals surface area contributed by atoms with Crippen LogP contribution in [0.5, 0.6) is 0 Å². The van der Waals surface area contributed by atoms with Crippen molar-refractivity contribution in [3.63, 3.8) is 0 Å². The molecule has 0 saturated heterocycles. The molecule has 0 amide bonds. The summed E-state index contributed by atoms with van der Waals surface area (Å²) in [6.07, 6.45) is 15.9. The number of aliphatic hydroxyl groups is 1. The average Bonchev–Trinajstić information content (AvgIpc) is 2.45. The smallest absolute Gasteiger partial charge is 0.550 e. The zero-order valence-corrected chi connectivity index (χ0v) is 14.9. The van der Waals surface area contributed by atoms with Crippen LogP contribution in [0, 0.1) is 0 Å². The van der Waals surface area contributed by atoms with Crippen LogP contribution in [0.25, 0.3) is 0 Å². The van der Waals surface area contributed by atoms with Crippen molar-refractivity contribution in [3.8, 4) is 0 Å². The van der Waals surface area contributed by atoms with Gasteiger partial charge in [0.05, 0.1) is 6.10 Å². The molecule has 0 fully saturated rings. The third kappa shape index (κ3) is 20.0. The van der Waals surface area contributed by atoms with Crippen LogP contribution in [-0.4, -0.2) is 17.2 Å². The molecule has 1 N–H and O–H groups in total. The molecule has 0 bridgehead atoms. The molecule has 0 aliphatic rings. The molecule has 0 aromatic carbocycles. The summed E-state index contributed by atoms with van der Waals surface area (Å²) in [5.41, 5.74) is 0. The summed E-state index contributed by atoms with van der Waals surface area (Å²) in [4.78, 5) is 10.2. The van der Waals surface area contributed by atoms with Crippen LogP contribution >= 0.6 is 0 Å². The zero-order chi connectivity index (χ0) is 15.8. The second kappa shape index (κ2) is 19.1. The van der Waals surface area contributed by atoms with Gasteiger partial charge in [0.15, 0.2) is 0 Å². The maximum absolute atomic E-state index is 10.2. The number of aliphatic carboxylic acids is 1. The molecule has 0 rings (SSSR count). The van der Waals surface area contributed by atoms with Crippen LogP contribution in [0.1, 0.15) is 103 Å². The van der Waals surface area contributed by atoms with E-state index in [9.17, 15) is 15.0 Å². The van der Waals surface area contributed by atoms with E-state index >= 15 is 0 Å². The Morgan fingerprint density at radius 2 is 1.23 bits per heavy atom. The minimum absolute atomic E-state index is 0. The van der Waals surface area contributed by atoms with Gasteiger partial charge in [0.25, 0.3) is 0 Å². The van der Waals surface area contributed by atoms with Crippen LogP contribution in [0.15, 0.2) is 0 Å². The second-order valence-corrected chi connectivity index (χ2v) is 6.24. The van der Waals surface area contributed by atoms with Crippen LogP contribution in [0.2, 0.25) is 0 Å². The number of hydrogen-bond acceptors (Lipinski definition) is 3. The fraction of sp³-hybridized carbons (Fsp3) is 0.944. The molecular formula is C18H35LiO3. The number of unbranched alkanes of at least 4 members (excludes halogenated alkanes) is 10. The zero-order valence-electron chi connectivity index (χ0n) is 14.9. The number of carbonyl (C=O) groups excluding carboxylic acids is 1. The van der Waals surface area contributed by atoms with E-state index in [0.717, 1.165) is 38.5 Å². The molecular weight excluding hydrogens is 271 g/mol. The molecule has 0 spiro atoms. The van der Waals surface area contributed by atoms with Crippen molar-refractivity contribution >= 4 is 5.97 Å². The summed E-state index contributed by atoms with van der Waals surface area (Å²) in [6.45, 7) is 2.21. The van der Waals surface area contributed by atoms with Gasteiger partial charge in [0.2, 0.25) is 0 Å². The van der Waals surface area contributed by atoms with E-state index in [0.29, 0.717) is 0 Å². The average molecular weight is 306 g/mol. The summed E-state index contributed by atoms with van der Waals surface area (Å²) in [7, 11) is 0. The fourth-order valence-corrected chi connectivity index (χ4v) is 2.66. The summed E-state index contributed by atoms with van der Waals surface area (Å²) in [5.74, 6) is -0.928. The molecule has 22 heavy (non-hydrogen) atoms. The van der Waals surface area contributed by atoms with Crippen molar-refractivity contribution in [2.24, 2.45) is 0 Å². The van der Waals surface area contributed by atoms with Crippen LogP contribution < -0.4 is 24.0 Å². The third-order valence-electron chi connectivity index (χ3n) is 4.06.